The number of Topliss-reactive ketones (excluding diaryl/α,β-unsaturated/α-hetero) is 1. The zero-order valence-corrected chi connectivity index (χ0v) is 22.3. The zero-order chi connectivity index (χ0) is 26.7. The topological polar surface area (TPSA) is 150 Å². The van der Waals surface area contributed by atoms with Crippen molar-refractivity contribution in [1.82, 2.24) is 10.2 Å². The van der Waals surface area contributed by atoms with Gasteiger partial charge in [-0.2, -0.15) is 5.26 Å². The Kier molecular flexibility index (Phi) is 7.89. The van der Waals surface area contributed by atoms with Crippen LogP contribution in [0.5, 0.6) is 17.2 Å². The molecule has 0 fully saturated rings. The summed E-state index contributed by atoms with van der Waals surface area (Å²) in [6.45, 7) is 0. The van der Waals surface area contributed by atoms with Crippen molar-refractivity contribution >= 4 is 40.0 Å². The SMILES string of the molecule is COC(=O)CSc1nnc(N2C(N)=C(C#N)C(c3cc(OC)c(OC)c(OC)c3)C3=C2CCCC3=O)s1. The van der Waals surface area contributed by atoms with Crippen molar-refractivity contribution < 1.29 is 28.5 Å². The minimum absolute atomic E-state index is 0.0740. The number of esters is 1. The van der Waals surface area contributed by atoms with E-state index in [1.54, 1.807) is 17.0 Å². The molecule has 1 aromatic heterocycles. The Morgan fingerprint density at radius 1 is 1.19 bits per heavy atom. The molecular weight excluding hydrogens is 518 g/mol. The molecule has 1 unspecified atom stereocenters. The fourth-order valence-corrected chi connectivity index (χ4v) is 6.15. The van der Waals surface area contributed by atoms with Gasteiger partial charge < -0.3 is 24.7 Å². The molecule has 11 nitrogen and oxygen atoms in total. The first-order valence-corrected chi connectivity index (χ1v) is 13.0. The molecule has 2 N–H and O–H groups in total. The minimum atomic E-state index is -0.723. The number of nitriles is 1. The standard InChI is InChI=1S/C24H25N5O6S2/c1-32-16-8-12(9-17(33-2)21(16)35-4)19-13(10-25)22(26)29(14-6-5-7-15(30)20(14)19)23-27-28-24(37-23)36-11-18(31)34-3/h8-9,19H,5-7,11,26H2,1-4H3. The number of hydrogen-bond donors (Lipinski definition) is 1. The van der Waals surface area contributed by atoms with E-state index in [4.69, 9.17) is 19.9 Å². The van der Waals surface area contributed by atoms with Gasteiger partial charge in [0.05, 0.1) is 51.8 Å². The number of methoxy groups -OCH3 is 4. The molecule has 0 saturated heterocycles. The summed E-state index contributed by atoms with van der Waals surface area (Å²) in [5.74, 6) is 0.256. The van der Waals surface area contributed by atoms with Crippen LogP contribution in [0.3, 0.4) is 0 Å². The summed E-state index contributed by atoms with van der Waals surface area (Å²) in [5.41, 5.74) is 8.57. The fraction of sp³-hybridized carbons (Fsp3) is 0.375. The van der Waals surface area contributed by atoms with Crippen LogP contribution >= 0.6 is 23.1 Å². The van der Waals surface area contributed by atoms with E-state index in [9.17, 15) is 14.9 Å². The van der Waals surface area contributed by atoms with Crippen LogP contribution in [-0.4, -0.2) is 56.1 Å². The number of rotatable bonds is 8. The van der Waals surface area contributed by atoms with Crippen LogP contribution in [0, 0.1) is 11.3 Å². The molecule has 2 heterocycles. The third kappa shape index (κ3) is 4.82. The zero-order valence-electron chi connectivity index (χ0n) is 20.7. The van der Waals surface area contributed by atoms with E-state index in [0.717, 1.165) is 0 Å². The van der Waals surface area contributed by atoms with Gasteiger partial charge in [-0.15, -0.1) is 10.2 Å². The molecular formula is C24H25N5O6S2. The van der Waals surface area contributed by atoms with Gasteiger partial charge in [0.25, 0.3) is 0 Å². The second kappa shape index (κ2) is 11.1. The van der Waals surface area contributed by atoms with Crippen molar-refractivity contribution in [1.29, 1.82) is 5.26 Å². The predicted molar refractivity (Wildman–Crippen MR) is 137 cm³/mol. The largest absolute Gasteiger partial charge is 0.493 e. The predicted octanol–water partition coefficient (Wildman–Crippen LogP) is 3.13. The number of hydrogen-bond acceptors (Lipinski definition) is 13. The molecule has 1 aliphatic carbocycles. The van der Waals surface area contributed by atoms with Crippen LogP contribution in [0.25, 0.3) is 0 Å². The third-order valence-corrected chi connectivity index (χ3v) is 8.08. The van der Waals surface area contributed by atoms with Crippen molar-refractivity contribution in [2.75, 3.05) is 39.1 Å². The monoisotopic (exact) mass is 543 g/mol. The molecule has 1 aliphatic heterocycles. The smallest absolute Gasteiger partial charge is 0.316 e. The number of anilines is 1. The molecule has 1 aromatic carbocycles. The molecule has 0 radical (unpaired) electrons. The summed E-state index contributed by atoms with van der Waals surface area (Å²) in [7, 11) is 5.82. The number of carbonyl (C=O) groups excluding carboxylic acids is 2. The lowest BCUT2D eigenvalue weighted by atomic mass is 9.75. The average Bonchev–Trinajstić information content (AvgIpc) is 3.38. The molecule has 0 saturated carbocycles. The van der Waals surface area contributed by atoms with Crippen LogP contribution in [0.1, 0.15) is 30.7 Å². The molecule has 2 aliphatic rings. The molecule has 0 bridgehead atoms. The van der Waals surface area contributed by atoms with Crippen LogP contribution in [-0.2, 0) is 14.3 Å². The maximum absolute atomic E-state index is 13.4. The lowest BCUT2D eigenvalue weighted by Gasteiger charge is -2.38. The van der Waals surface area contributed by atoms with Gasteiger partial charge in [0.1, 0.15) is 5.82 Å². The highest BCUT2D eigenvalue weighted by Crippen LogP contribution is 2.49. The first-order valence-electron chi connectivity index (χ1n) is 11.2. The third-order valence-electron chi connectivity index (χ3n) is 6.06. The molecule has 0 spiro atoms. The van der Waals surface area contributed by atoms with Gasteiger partial charge in [-0.05, 0) is 30.5 Å². The first-order chi connectivity index (χ1) is 17.9. The number of thioether (sulfide) groups is 1. The van der Waals surface area contributed by atoms with Gasteiger partial charge >= 0.3 is 5.97 Å². The quantitative estimate of drug-likeness (QED) is 0.385. The van der Waals surface area contributed by atoms with E-state index in [1.807, 2.05) is 0 Å². The lowest BCUT2D eigenvalue weighted by Crippen LogP contribution is -2.38. The number of ether oxygens (including phenoxy) is 4. The van der Waals surface area contributed by atoms with Crippen molar-refractivity contribution in [3.05, 3.63) is 40.4 Å². The van der Waals surface area contributed by atoms with Crippen molar-refractivity contribution in [3.8, 4) is 23.3 Å². The number of allylic oxidation sites excluding steroid dienone is 3. The number of benzene rings is 1. The van der Waals surface area contributed by atoms with E-state index in [-0.39, 0.29) is 28.9 Å². The minimum Gasteiger partial charge on any atom is -0.493 e. The maximum Gasteiger partial charge on any atom is 0.316 e. The van der Waals surface area contributed by atoms with Crippen molar-refractivity contribution in [2.24, 2.45) is 5.73 Å². The normalized spacial score (nSPS) is 17.3. The highest BCUT2D eigenvalue weighted by atomic mass is 32.2. The number of aromatic nitrogens is 2. The van der Waals surface area contributed by atoms with E-state index in [2.05, 4.69) is 21.0 Å². The molecule has 4 rings (SSSR count). The Hall–Kier alpha value is -3.76. The molecule has 13 heteroatoms. The highest BCUT2D eigenvalue weighted by Gasteiger charge is 2.42. The molecule has 37 heavy (non-hydrogen) atoms. The Labute approximate surface area is 221 Å². The van der Waals surface area contributed by atoms with E-state index < -0.39 is 5.92 Å². The summed E-state index contributed by atoms with van der Waals surface area (Å²) in [4.78, 5) is 26.5. The molecule has 0 amide bonds. The van der Waals surface area contributed by atoms with E-state index >= 15 is 0 Å². The average molecular weight is 544 g/mol. The lowest BCUT2D eigenvalue weighted by molar-refractivity contribution is -0.137. The van der Waals surface area contributed by atoms with Crippen LogP contribution in [0.15, 0.2) is 39.1 Å². The molecule has 194 valence electrons. The Balaban J connectivity index is 1.85. The van der Waals surface area contributed by atoms with Gasteiger partial charge in [0.2, 0.25) is 10.9 Å². The Bertz CT molecular complexity index is 1320. The van der Waals surface area contributed by atoms with Crippen LogP contribution in [0.2, 0.25) is 0 Å². The van der Waals surface area contributed by atoms with Gasteiger partial charge in [-0.1, -0.05) is 23.1 Å². The van der Waals surface area contributed by atoms with Gasteiger partial charge in [0, 0.05) is 17.7 Å². The summed E-state index contributed by atoms with van der Waals surface area (Å²) < 4.78 is 21.7. The van der Waals surface area contributed by atoms with Crippen molar-refractivity contribution in [2.45, 2.75) is 29.5 Å². The number of carbonyl (C=O) groups is 2. The van der Waals surface area contributed by atoms with Gasteiger partial charge in [-0.25, -0.2) is 0 Å². The Morgan fingerprint density at radius 3 is 2.49 bits per heavy atom. The van der Waals surface area contributed by atoms with Gasteiger partial charge in [-0.3, -0.25) is 14.5 Å². The van der Waals surface area contributed by atoms with Gasteiger partial charge in [0.15, 0.2) is 21.6 Å². The van der Waals surface area contributed by atoms with Crippen LogP contribution < -0.4 is 24.8 Å². The summed E-state index contributed by atoms with van der Waals surface area (Å²) in [5, 5.41) is 19.0. The second-order valence-corrected chi connectivity index (χ2v) is 10.2. The summed E-state index contributed by atoms with van der Waals surface area (Å²) in [6.07, 6.45) is 1.54. The first kappa shape index (κ1) is 26.3. The van der Waals surface area contributed by atoms with E-state index in [0.29, 0.717) is 62.8 Å². The number of ketones is 1. The van der Waals surface area contributed by atoms with Crippen molar-refractivity contribution in [3.63, 3.8) is 0 Å². The Morgan fingerprint density at radius 2 is 1.89 bits per heavy atom. The molecule has 2 aromatic rings. The van der Waals surface area contributed by atoms with E-state index in [1.165, 1.54) is 51.5 Å². The fourth-order valence-electron chi connectivity index (χ4n) is 4.44. The molecule has 1 atom stereocenters. The van der Waals surface area contributed by atoms with Crippen LogP contribution in [0.4, 0.5) is 5.13 Å². The summed E-state index contributed by atoms with van der Waals surface area (Å²) in [6, 6.07) is 5.67. The summed E-state index contributed by atoms with van der Waals surface area (Å²) >= 11 is 2.40. The number of nitrogens with two attached hydrogens (primary N) is 1. The highest BCUT2D eigenvalue weighted by molar-refractivity contribution is 8.01. The second-order valence-electron chi connectivity index (χ2n) is 7.99. The maximum atomic E-state index is 13.4. The number of nitrogens with zero attached hydrogens (tertiary/aromatic N) is 4.